The van der Waals surface area contributed by atoms with Gasteiger partial charge in [-0.05, 0) is 67.6 Å². The summed E-state index contributed by atoms with van der Waals surface area (Å²) in [6, 6.07) is 8.32. The fraction of sp³-hybridized carbons (Fsp3) is 0.588. The van der Waals surface area contributed by atoms with Crippen LogP contribution < -0.4 is 5.32 Å². The molecule has 1 aromatic rings. The molecule has 0 amide bonds. The van der Waals surface area contributed by atoms with Crippen molar-refractivity contribution in [2.24, 2.45) is 23.7 Å². The largest absolute Gasteiger partial charge is 0.381 e. The maximum Gasteiger partial charge on any atom is 0.101 e. The lowest BCUT2D eigenvalue weighted by Crippen LogP contribution is -2.34. The van der Waals surface area contributed by atoms with Crippen molar-refractivity contribution in [3.05, 3.63) is 28.8 Å². The molecule has 0 heterocycles. The van der Waals surface area contributed by atoms with Crippen LogP contribution in [0.1, 0.15) is 37.7 Å². The van der Waals surface area contributed by atoms with Gasteiger partial charge in [0, 0.05) is 11.1 Å². The summed E-state index contributed by atoms with van der Waals surface area (Å²) < 4.78 is 0. The van der Waals surface area contributed by atoms with E-state index in [1.54, 1.807) is 6.07 Å². The molecule has 2 bridgehead atoms. The summed E-state index contributed by atoms with van der Waals surface area (Å²) in [4.78, 5) is 0. The van der Waals surface area contributed by atoms with E-state index in [2.05, 4.69) is 11.4 Å². The molecule has 2 nitrogen and oxygen atoms in total. The number of anilines is 1. The second-order valence-electron chi connectivity index (χ2n) is 6.71. The van der Waals surface area contributed by atoms with Gasteiger partial charge in [0.1, 0.15) is 6.07 Å². The Labute approximate surface area is 125 Å². The molecule has 3 aliphatic rings. The number of fused-ring (bicyclic) bond motifs is 5. The molecule has 20 heavy (non-hydrogen) atoms. The highest BCUT2D eigenvalue weighted by Crippen LogP contribution is 2.59. The number of halogens is 1. The Morgan fingerprint density at radius 1 is 1.15 bits per heavy atom. The van der Waals surface area contributed by atoms with Crippen LogP contribution in [0.5, 0.6) is 0 Å². The van der Waals surface area contributed by atoms with Crippen LogP contribution in [0.25, 0.3) is 0 Å². The molecule has 1 aromatic carbocycles. The summed E-state index contributed by atoms with van der Waals surface area (Å²) >= 11 is 6.08. The van der Waals surface area contributed by atoms with Crippen molar-refractivity contribution in [3.63, 3.8) is 0 Å². The smallest absolute Gasteiger partial charge is 0.101 e. The van der Waals surface area contributed by atoms with Crippen LogP contribution in [0.2, 0.25) is 5.02 Å². The monoisotopic (exact) mass is 286 g/mol. The maximum atomic E-state index is 9.23. The number of hydrogen-bond donors (Lipinski definition) is 1. The molecule has 0 aliphatic heterocycles. The summed E-state index contributed by atoms with van der Waals surface area (Å²) in [5.74, 6) is 3.69. The minimum absolute atomic E-state index is 0.546. The summed E-state index contributed by atoms with van der Waals surface area (Å²) in [6.45, 7) is 0. The normalized spacial score (nSPS) is 37.7. The van der Waals surface area contributed by atoms with E-state index in [1.165, 1.54) is 32.1 Å². The van der Waals surface area contributed by atoms with Crippen LogP contribution in [0.15, 0.2) is 18.2 Å². The molecule has 4 rings (SSSR count). The van der Waals surface area contributed by atoms with Crippen LogP contribution in [-0.2, 0) is 0 Å². The molecule has 104 valence electrons. The number of hydrogen-bond acceptors (Lipinski definition) is 2. The number of nitrogens with zero attached hydrogens (tertiary/aromatic N) is 1. The topological polar surface area (TPSA) is 35.8 Å². The molecule has 5 atom stereocenters. The van der Waals surface area contributed by atoms with E-state index in [9.17, 15) is 5.26 Å². The average molecular weight is 287 g/mol. The molecular formula is C17H19ClN2. The van der Waals surface area contributed by atoms with Gasteiger partial charge in [0.25, 0.3) is 0 Å². The molecule has 3 aliphatic carbocycles. The fourth-order valence-electron chi connectivity index (χ4n) is 5.17. The summed E-state index contributed by atoms with van der Waals surface area (Å²) in [5, 5.41) is 13.6. The summed E-state index contributed by atoms with van der Waals surface area (Å²) in [5.41, 5.74) is 1.63. The first-order valence-electron chi connectivity index (χ1n) is 7.72. The van der Waals surface area contributed by atoms with E-state index in [1.807, 2.05) is 12.1 Å². The first kappa shape index (κ1) is 12.5. The third-order valence-corrected chi connectivity index (χ3v) is 6.11. The second kappa shape index (κ2) is 4.67. The van der Waals surface area contributed by atoms with Crippen molar-refractivity contribution >= 4 is 17.3 Å². The van der Waals surface area contributed by atoms with Gasteiger partial charge in [-0.25, -0.2) is 0 Å². The van der Waals surface area contributed by atoms with Gasteiger partial charge in [0.15, 0.2) is 0 Å². The standard InChI is InChI=1S/C17H19ClN2/c18-12-5-4-10(9-19)16(8-12)20-17-7-11-6-15(17)14-3-1-2-13(11)14/h4-5,8,11,13-15,17,20H,1-3,6-7H2. The van der Waals surface area contributed by atoms with Gasteiger partial charge in [-0.2, -0.15) is 5.26 Å². The molecule has 3 heteroatoms. The van der Waals surface area contributed by atoms with Gasteiger partial charge in [0.2, 0.25) is 0 Å². The predicted octanol–water partition coefficient (Wildman–Crippen LogP) is 4.45. The van der Waals surface area contributed by atoms with Crippen LogP contribution in [0.3, 0.4) is 0 Å². The Balaban J connectivity index is 1.56. The summed E-state index contributed by atoms with van der Waals surface area (Å²) in [7, 11) is 0. The molecule has 5 unspecified atom stereocenters. The molecule has 0 radical (unpaired) electrons. The molecule has 0 aromatic heterocycles. The molecule has 0 spiro atoms. The lowest BCUT2D eigenvalue weighted by molar-refractivity contribution is 0.243. The number of benzene rings is 1. The zero-order valence-electron chi connectivity index (χ0n) is 11.5. The van der Waals surface area contributed by atoms with Crippen LogP contribution in [0, 0.1) is 35.0 Å². The Hall–Kier alpha value is -1.20. The Morgan fingerprint density at radius 2 is 2.00 bits per heavy atom. The highest BCUT2D eigenvalue weighted by molar-refractivity contribution is 6.30. The van der Waals surface area contributed by atoms with E-state index in [4.69, 9.17) is 11.6 Å². The van der Waals surface area contributed by atoms with Crippen LogP contribution >= 0.6 is 11.6 Å². The van der Waals surface area contributed by atoms with Crippen molar-refractivity contribution < 1.29 is 0 Å². The minimum Gasteiger partial charge on any atom is -0.381 e. The number of rotatable bonds is 2. The maximum absolute atomic E-state index is 9.23. The van der Waals surface area contributed by atoms with Gasteiger partial charge >= 0.3 is 0 Å². The molecular weight excluding hydrogens is 268 g/mol. The first-order chi connectivity index (χ1) is 9.76. The fourth-order valence-corrected chi connectivity index (χ4v) is 5.34. The van der Waals surface area contributed by atoms with Crippen LogP contribution in [-0.4, -0.2) is 6.04 Å². The third-order valence-electron chi connectivity index (χ3n) is 5.87. The zero-order chi connectivity index (χ0) is 13.7. The quantitative estimate of drug-likeness (QED) is 0.872. The lowest BCUT2D eigenvalue weighted by Gasteiger charge is -2.33. The average Bonchev–Trinajstić information content (AvgIpc) is 3.10. The van der Waals surface area contributed by atoms with Crippen molar-refractivity contribution in [1.29, 1.82) is 5.26 Å². The highest BCUT2D eigenvalue weighted by atomic mass is 35.5. The van der Waals surface area contributed by atoms with E-state index in [0.717, 1.165) is 29.4 Å². The molecule has 3 fully saturated rings. The van der Waals surface area contributed by atoms with Gasteiger partial charge in [-0.15, -0.1) is 0 Å². The predicted molar refractivity (Wildman–Crippen MR) is 80.6 cm³/mol. The minimum atomic E-state index is 0.546. The lowest BCUT2D eigenvalue weighted by atomic mass is 9.79. The van der Waals surface area contributed by atoms with E-state index < -0.39 is 0 Å². The van der Waals surface area contributed by atoms with Gasteiger partial charge in [0.05, 0.1) is 11.3 Å². The number of nitrogens with one attached hydrogen (secondary N) is 1. The molecule has 1 N–H and O–H groups in total. The Morgan fingerprint density at radius 3 is 2.85 bits per heavy atom. The van der Waals surface area contributed by atoms with Crippen molar-refractivity contribution in [2.75, 3.05) is 5.32 Å². The zero-order valence-corrected chi connectivity index (χ0v) is 12.2. The van der Waals surface area contributed by atoms with Gasteiger partial charge < -0.3 is 5.32 Å². The highest BCUT2D eigenvalue weighted by Gasteiger charge is 2.53. The number of nitriles is 1. The Bertz CT molecular complexity index is 577. The third kappa shape index (κ3) is 1.84. The van der Waals surface area contributed by atoms with Crippen molar-refractivity contribution in [3.8, 4) is 6.07 Å². The van der Waals surface area contributed by atoms with E-state index >= 15 is 0 Å². The SMILES string of the molecule is N#Cc1ccc(Cl)cc1NC1CC2CC1C1CCCC21. The summed E-state index contributed by atoms with van der Waals surface area (Å²) in [6.07, 6.45) is 6.98. The first-order valence-corrected chi connectivity index (χ1v) is 8.10. The van der Waals surface area contributed by atoms with E-state index in [0.29, 0.717) is 16.6 Å². The Kier molecular flexibility index (Phi) is 2.93. The van der Waals surface area contributed by atoms with Crippen molar-refractivity contribution in [2.45, 2.75) is 38.1 Å². The van der Waals surface area contributed by atoms with Gasteiger partial charge in [-0.1, -0.05) is 18.0 Å². The molecule has 3 saturated carbocycles. The van der Waals surface area contributed by atoms with E-state index in [-0.39, 0.29) is 0 Å². The van der Waals surface area contributed by atoms with Crippen LogP contribution in [0.4, 0.5) is 5.69 Å². The molecule has 0 saturated heterocycles. The van der Waals surface area contributed by atoms with Crippen molar-refractivity contribution in [1.82, 2.24) is 0 Å². The van der Waals surface area contributed by atoms with Gasteiger partial charge in [-0.3, -0.25) is 0 Å². The second-order valence-corrected chi connectivity index (χ2v) is 7.14.